The van der Waals surface area contributed by atoms with Gasteiger partial charge in [-0.1, -0.05) is 11.6 Å². The van der Waals surface area contributed by atoms with Crippen LogP contribution in [0.5, 0.6) is 0 Å². The third kappa shape index (κ3) is 3.03. The minimum Gasteiger partial charge on any atom is -0.394 e. The molecule has 0 aliphatic rings. The van der Waals surface area contributed by atoms with Gasteiger partial charge in [-0.25, -0.2) is 5.10 Å². The number of aromatic amines is 1. The lowest BCUT2D eigenvalue weighted by Crippen LogP contribution is -2.37. The first-order valence-electron chi connectivity index (χ1n) is 4.21. The van der Waals surface area contributed by atoms with Gasteiger partial charge in [0.25, 0.3) is 11.5 Å². The summed E-state index contributed by atoms with van der Waals surface area (Å²) in [5, 5.41) is 16.7. The molecule has 0 bridgehead atoms. The number of nitrogens with zero attached hydrogens (tertiary/aromatic N) is 1. The van der Waals surface area contributed by atoms with Gasteiger partial charge >= 0.3 is 0 Å². The van der Waals surface area contributed by atoms with Gasteiger partial charge in [0, 0.05) is 6.04 Å². The van der Waals surface area contributed by atoms with Gasteiger partial charge in [0.05, 0.1) is 6.61 Å². The standard InChI is InChI=1S/C8H10ClN3O3/c1-4(3-13)10-7(14)5-2-6(9)11-12-8(5)15/h2,4,13H,3H2,1H3,(H,10,14)(H,12,15)/t4-/m0/s1. The molecule has 0 aliphatic heterocycles. The number of H-pyrrole nitrogens is 1. The highest BCUT2D eigenvalue weighted by Gasteiger charge is 2.13. The van der Waals surface area contributed by atoms with Crippen molar-refractivity contribution in [2.24, 2.45) is 0 Å². The average Bonchev–Trinajstić information content (AvgIpc) is 2.21. The lowest BCUT2D eigenvalue weighted by Gasteiger charge is -2.09. The molecule has 1 atom stereocenters. The fourth-order valence-corrected chi connectivity index (χ4v) is 1.05. The molecule has 1 rings (SSSR count). The molecule has 82 valence electrons. The van der Waals surface area contributed by atoms with Crippen LogP contribution in [0, 0.1) is 0 Å². The quantitative estimate of drug-likeness (QED) is 0.656. The molecule has 0 spiro atoms. The van der Waals surface area contributed by atoms with E-state index in [0.717, 1.165) is 0 Å². The molecule has 15 heavy (non-hydrogen) atoms. The molecule has 0 fully saturated rings. The monoisotopic (exact) mass is 231 g/mol. The van der Waals surface area contributed by atoms with E-state index in [4.69, 9.17) is 16.7 Å². The largest absolute Gasteiger partial charge is 0.394 e. The minimum atomic E-state index is -0.623. The molecule has 0 unspecified atom stereocenters. The first-order valence-corrected chi connectivity index (χ1v) is 4.59. The number of carbonyl (C=O) groups is 1. The van der Waals surface area contributed by atoms with Crippen molar-refractivity contribution in [3.63, 3.8) is 0 Å². The Morgan fingerprint density at radius 2 is 2.47 bits per heavy atom. The van der Waals surface area contributed by atoms with E-state index < -0.39 is 17.5 Å². The Labute approximate surface area is 90.3 Å². The second-order valence-corrected chi connectivity index (χ2v) is 3.38. The number of rotatable bonds is 3. The molecule has 0 aliphatic carbocycles. The van der Waals surface area contributed by atoms with Crippen molar-refractivity contribution in [3.05, 3.63) is 27.1 Å². The highest BCUT2D eigenvalue weighted by molar-refractivity contribution is 6.29. The highest BCUT2D eigenvalue weighted by atomic mass is 35.5. The van der Waals surface area contributed by atoms with Gasteiger partial charge in [-0.15, -0.1) is 0 Å². The van der Waals surface area contributed by atoms with Crippen LogP contribution in [-0.4, -0.2) is 33.9 Å². The van der Waals surface area contributed by atoms with Crippen LogP contribution in [0.15, 0.2) is 10.9 Å². The summed E-state index contributed by atoms with van der Waals surface area (Å²) in [4.78, 5) is 22.6. The molecule has 1 amide bonds. The number of hydrogen-bond acceptors (Lipinski definition) is 4. The maximum Gasteiger partial charge on any atom is 0.277 e. The summed E-state index contributed by atoms with van der Waals surface area (Å²) in [5.74, 6) is -0.595. The van der Waals surface area contributed by atoms with Crippen LogP contribution in [0.4, 0.5) is 0 Å². The maximum atomic E-state index is 11.5. The molecule has 1 heterocycles. The Bertz CT molecular complexity index is 418. The van der Waals surface area contributed by atoms with Gasteiger partial charge in [0.1, 0.15) is 10.7 Å². The predicted molar refractivity (Wildman–Crippen MR) is 53.9 cm³/mol. The van der Waals surface area contributed by atoms with Gasteiger partial charge in [-0.3, -0.25) is 9.59 Å². The summed E-state index contributed by atoms with van der Waals surface area (Å²) in [6, 6.07) is 0.739. The molecule has 0 aromatic carbocycles. The molecular weight excluding hydrogens is 222 g/mol. The van der Waals surface area contributed by atoms with Gasteiger partial charge in [0.15, 0.2) is 0 Å². The lowest BCUT2D eigenvalue weighted by atomic mass is 10.2. The third-order valence-corrected chi connectivity index (χ3v) is 1.86. The minimum absolute atomic E-state index is 0.0244. The fourth-order valence-electron chi connectivity index (χ4n) is 0.897. The number of amides is 1. The summed E-state index contributed by atoms with van der Waals surface area (Å²) in [6.45, 7) is 1.40. The van der Waals surface area contributed by atoms with Crippen molar-refractivity contribution in [1.29, 1.82) is 0 Å². The van der Waals surface area contributed by atoms with Crippen LogP contribution >= 0.6 is 11.6 Å². The van der Waals surface area contributed by atoms with Crippen molar-refractivity contribution in [2.45, 2.75) is 13.0 Å². The van der Waals surface area contributed by atoms with Crippen molar-refractivity contribution in [1.82, 2.24) is 15.5 Å². The molecule has 0 saturated carbocycles. The highest BCUT2D eigenvalue weighted by Crippen LogP contribution is 2.01. The predicted octanol–water partition coefficient (Wildman–Crippen LogP) is -0.466. The first kappa shape index (κ1) is 11.7. The van der Waals surface area contributed by atoms with Crippen molar-refractivity contribution in [3.8, 4) is 0 Å². The van der Waals surface area contributed by atoms with Crippen LogP contribution < -0.4 is 10.9 Å². The van der Waals surface area contributed by atoms with Crippen LogP contribution in [-0.2, 0) is 0 Å². The molecule has 6 nitrogen and oxygen atoms in total. The van der Waals surface area contributed by atoms with Crippen molar-refractivity contribution < 1.29 is 9.90 Å². The smallest absolute Gasteiger partial charge is 0.277 e. The molecule has 7 heteroatoms. The van der Waals surface area contributed by atoms with E-state index in [-0.39, 0.29) is 17.3 Å². The molecule has 0 saturated heterocycles. The summed E-state index contributed by atoms with van der Waals surface area (Å²) in [6.07, 6.45) is 0. The van der Waals surface area contributed by atoms with Gasteiger partial charge in [-0.2, -0.15) is 5.10 Å². The molecule has 1 aromatic heterocycles. The Morgan fingerprint density at radius 1 is 1.80 bits per heavy atom. The van der Waals surface area contributed by atoms with E-state index in [0.29, 0.717) is 0 Å². The van der Waals surface area contributed by atoms with Crippen LogP contribution in [0.1, 0.15) is 17.3 Å². The fraction of sp³-hybridized carbons (Fsp3) is 0.375. The number of carbonyl (C=O) groups excluding carboxylic acids is 1. The van der Waals surface area contributed by atoms with Crippen LogP contribution in [0.3, 0.4) is 0 Å². The maximum absolute atomic E-state index is 11.5. The van der Waals surface area contributed by atoms with Crippen LogP contribution in [0.2, 0.25) is 5.15 Å². The second kappa shape index (κ2) is 4.90. The molecule has 1 aromatic rings. The topological polar surface area (TPSA) is 95.1 Å². The van der Waals surface area contributed by atoms with E-state index in [1.165, 1.54) is 6.07 Å². The number of aliphatic hydroxyl groups is 1. The molecular formula is C8H10ClN3O3. The Morgan fingerprint density at radius 3 is 3.07 bits per heavy atom. The van der Waals surface area contributed by atoms with Gasteiger partial charge in [0.2, 0.25) is 0 Å². The molecule has 0 radical (unpaired) electrons. The zero-order valence-electron chi connectivity index (χ0n) is 7.95. The van der Waals surface area contributed by atoms with E-state index in [9.17, 15) is 9.59 Å². The Hall–Kier alpha value is -1.40. The average molecular weight is 232 g/mol. The summed E-state index contributed by atoms with van der Waals surface area (Å²) in [7, 11) is 0. The van der Waals surface area contributed by atoms with Crippen LogP contribution in [0.25, 0.3) is 0 Å². The summed E-state index contributed by atoms with van der Waals surface area (Å²) < 4.78 is 0. The number of aromatic nitrogens is 2. The summed E-state index contributed by atoms with van der Waals surface area (Å²) >= 11 is 5.52. The lowest BCUT2D eigenvalue weighted by molar-refractivity contribution is 0.0920. The first-order chi connectivity index (χ1) is 7.04. The Kier molecular flexibility index (Phi) is 3.81. The summed E-state index contributed by atoms with van der Waals surface area (Å²) in [5.41, 5.74) is -0.752. The molecule has 3 N–H and O–H groups in total. The second-order valence-electron chi connectivity index (χ2n) is 2.99. The van der Waals surface area contributed by atoms with E-state index in [1.54, 1.807) is 6.92 Å². The number of halogens is 1. The number of nitrogens with one attached hydrogen (secondary N) is 2. The zero-order chi connectivity index (χ0) is 11.4. The van der Waals surface area contributed by atoms with Gasteiger partial charge < -0.3 is 10.4 Å². The van der Waals surface area contributed by atoms with Crippen molar-refractivity contribution >= 4 is 17.5 Å². The van der Waals surface area contributed by atoms with Crippen molar-refractivity contribution in [2.75, 3.05) is 6.61 Å². The number of hydrogen-bond donors (Lipinski definition) is 3. The zero-order valence-corrected chi connectivity index (χ0v) is 8.71. The third-order valence-electron chi connectivity index (χ3n) is 1.67. The van der Waals surface area contributed by atoms with Gasteiger partial charge in [-0.05, 0) is 13.0 Å². The van der Waals surface area contributed by atoms with E-state index >= 15 is 0 Å². The number of aliphatic hydroxyl groups excluding tert-OH is 1. The van der Waals surface area contributed by atoms with E-state index in [1.807, 2.05) is 0 Å². The van der Waals surface area contributed by atoms with E-state index in [2.05, 4.69) is 15.5 Å². The SMILES string of the molecule is C[C@@H](CO)NC(=O)c1cc(Cl)n[nH]c1=O. The Balaban J connectivity index is 2.91. The normalized spacial score (nSPS) is 12.2.